The van der Waals surface area contributed by atoms with E-state index in [1.54, 1.807) is 49.6 Å². The third kappa shape index (κ3) is 5.66. The lowest BCUT2D eigenvalue weighted by molar-refractivity contribution is -0.117. The highest BCUT2D eigenvalue weighted by atomic mass is 35.5. The van der Waals surface area contributed by atoms with Crippen LogP contribution in [0.3, 0.4) is 0 Å². The van der Waals surface area contributed by atoms with Crippen LogP contribution in [0.4, 0.5) is 11.4 Å². The van der Waals surface area contributed by atoms with E-state index < -0.39 is 0 Å². The van der Waals surface area contributed by atoms with Gasteiger partial charge in [0.1, 0.15) is 5.75 Å². The number of carbonyl (C=O) groups is 2. The summed E-state index contributed by atoms with van der Waals surface area (Å²) in [7, 11) is 1.57. The minimum Gasteiger partial charge on any atom is -0.497 e. The number of ether oxygens (including phenoxy) is 1. The van der Waals surface area contributed by atoms with Gasteiger partial charge in [-0.1, -0.05) is 23.2 Å². The Labute approximate surface area is 156 Å². The third-order valence-electron chi connectivity index (χ3n) is 3.47. The summed E-state index contributed by atoms with van der Waals surface area (Å²) >= 11 is 11.8. The van der Waals surface area contributed by atoms with E-state index in [1.807, 2.05) is 0 Å². The molecule has 2 rings (SSSR count). The molecule has 1 N–H and O–H groups in total. The first-order valence-corrected chi connectivity index (χ1v) is 8.32. The molecule has 0 saturated carbocycles. The molecule has 2 amide bonds. The molecular formula is C18H18Cl2N2O3. The van der Waals surface area contributed by atoms with Crippen molar-refractivity contribution in [2.24, 2.45) is 0 Å². The molecule has 25 heavy (non-hydrogen) atoms. The smallest absolute Gasteiger partial charge is 0.226 e. The molecule has 7 heteroatoms. The van der Waals surface area contributed by atoms with Crippen LogP contribution in [0.2, 0.25) is 10.0 Å². The zero-order valence-electron chi connectivity index (χ0n) is 13.9. The lowest BCUT2D eigenvalue weighted by Crippen LogP contribution is -2.31. The van der Waals surface area contributed by atoms with Gasteiger partial charge in [-0.05, 0) is 42.5 Å². The van der Waals surface area contributed by atoms with Crippen molar-refractivity contribution in [2.75, 3.05) is 23.9 Å². The van der Waals surface area contributed by atoms with Gasteiger partial charge in [0.05, 0.1) is 7.11 Å². The number of hydrogen-bond donors (Lipinski definition) is 1. The minimum atomic E-state index is -0.238. The largest absolute Gasteiger partial charge is 0.497 e. The molecule has 0 aliphatic heterocycles. The second-order valence-corrected chi connectivity index (χ2v) is 6.20. The second-order valence-electron chi connectivity index (χ2n) is 5.32. The number of halogens is 2. The van der Waals surface area contributed by atoms with Gasteiger partial charge in [0.15, 0.2) is 0 Å². The maximum atomic E-state index is 12.1. The van der Waals surface area contributed by atoms with Crippen LogP contribution < -0.4 is 15.0 Å². The number of anilines is 2. The minimum absolute atomic E-state index is 0.135. The molecule has 0 bridgehead atoms. The molecule has 0 heterocycles. The molecule has 0 fully saturated rings. The van der Waals surface area contributed by atoms with E-state index in [4.69, 9.17) is 27.9 Å². The molecule has 0 aliphatic rings. The van der Waals surface area contributed by atoms with Gasteiger partial charge in [-0.15, -0.1) is 0 Å². The van der Waals surface area contributed by atoms with Crippen molar-refractivity contribution in [3.05, 3.63) is 52.5 Å². The van der Waals surface area contributed by atoms with Crippen LogP contribution in [-0.4, -0.2) is 25.5 Å². The Bertz CT molecular complexity index is 743. The van der Waals surface area contributed by atoms with Crippen LogP contribution in [0.15, 0.2) is 42.5 Å². The first-order chi connectivity index (χ1) is 11.9. The summed E-state index contributed by atoms with van der Waals surface area (Å²) in [4.78, 5) is 25.6. The first kappa shape index (κ1) is 19.1. The van der Waals surface area contributed by atoms with E-state index in [0.29, 0.717) is 27.2 Å². The Hall–Kier alpha value is -2.24. The van der Waals surface area contributed by atoms with Gasteiger partial charge >= 0.3 is 0 Å². The van der Waals surface area contributed by atoms with E-state index in [9.17, 15) is 9.59 Å². The first-order valence-electron chi connectivity index (χ1n) is 7.57. The van der Waals surface area contributed by atoms with E-state index >= 15 is 0 Å². The Morgan fingerprint density at radius 2 is 1.68 bits per heavy atom. The van der Waals surface area contributed by atoms with Crippen molar-refractivity contribution < 1.29 is 14.3 Å². The van der Waals surface area contributed by atoms with Crippen molar-refractivity contribution in [3.63, 3.8) is 0 Å². The summed E-state index contributed by atoms with van der Waals surface area (Å²) in [5.41, 5.74) is 1.22. The quantitative estimate of drug-likeness (QED) is 0.808. The van der Waals surface area contributed by atoms with Gasteiger partial charge in [-0.25, -0.2) is 0 Å². The fourth-order valence-corrected chi connectivity index (χ4v) is 2.82. The summed E-state index contributed by atoms with van der Waals surface area (Å²) < 4.78 is 5.10. The maximum absolute atomic E-state index is 12.1. The molecule has 0 aliphatic carbocycles. The Kier molecular flexibility index (Phi) is 6.67. The van der Waals surface area contributed by atoms with Gasteiger partial charge < -0.3 is 15.0 Å². The topological polar surface area (TPSA) is 58.6 Å². The SMILES string of the molecule is COc1ccc(N(CCC(=O)Nc2cc(Cl)cc(Cl)c2)C(C)=O)cc1. The molecule has 0 spiro atoms. The van der Waals surface area contributed by atoms with E-state index in [0.717, 1.165) is 0 Å². The Balaban J connectivity index is 2.00. The predicted molar refractivity (Wildman–Crippen MR) is 101 cm³/mol. The highest BCUT2D eigenvalue weighted by Crippen LogP contribution is 2.23. The number of hydrogen-bond acceptors (Lipinski definition) is 3. The molecule has 132 valence electrons. The molecule has 0 saturated heterocycles. The number of nitrogens with zero attached hydrogens (tertiary/aromatic N) is 1. The van der Waals surface area contributed by atoms with Crippen LogP contribution in [-0.2, 0) is 9.59 Å². The molecule has 0 unspecified atom stereocenters. The van der Waals surface area contributed by atoms with Crippen LogP contribution >= 0.6 is 23.2 Å². The molecular weight excluding hydrogens is 363 g/mol. The molecule has 0 radical (unpaired) electrons. The van der Waals surface area contributed by atoms with Gasteiger partial charge in [-0.3, -0.25) is 9.59 Å². The third-order valence-corrected chi connectivity index (χ3v) is 3.91. The Morgan fingerprint density at radius 1 is 1.08 bits per heavy atom. The monoisotopic (exact) mass is 380 g/mol. The fourth-order valence-electron chi connectivity index (χ4n) is 2.29. The van der Waals surface area contributed by atoms with E-state index in [2.05, 4.69) is 5.32 Å². The number of nitrogens with one attached hydrogen (secondary N) is 1. The van der Waals surface area contributed by atoms with E-state index in [-0.39, 0.29) is 24.8 Å². The zero-order valence-corrected chi connectivity index (χ0v) is 15.4. The van der Waals surface area contributed by atoms with Gasteiger partial charge in [0.2, 0.25) is 11.8 Å². The van der Waals surface area contributed by atoms with E-state index in [1.165, 1.54) is 11.8 Å². The summed E-state index contributed by atoms with van der Waals surface area (Å²) in [6, 6.07) is 11.9. The normalized spacial score (nSPS) is 10.2. The standard InChI is InChI=1S/C18H18Cl2N2O3/c1-12(23)22(16-3-5-17(25-2)6-4-16)8-7-18(24)21-15-10-13(19)9-14(20)11-15/h3-6,9-11H,7-8H2,1-2H3,(H,21,24). The number of carbonyl (C=O) groups excluding carboxylic acids is 2. The number of methoxy groups -OCH3 is 1. The maximum Gasteiger partial charge on any atom is 0.226 e. The number of rotatable bonds is 6. The van der Waals surface area contributed by atoms with Crippen LogP contribution in [0.25, 0.3) is 0 Å². The molecule has 0 aromatic heterocycles. The van der Waals surface area contributed by atoms with Gasteiger partial charge in [0.25, 0.3) is 0 Å². The zero-order chi connectivity index (χ0) is 18.4. The lowest BCUT2D eigenvalue weighted by atomic mass is 10.2. The summed E-state index contributed by atoms with van der Waals surface area (Å²) in [6.07, 6.45) is 0.135. The highest BCUT2D eigenvalue weighted by molar-refractivity contribution is 6.35. The summed E-state index contributed by atoms with van der Waals surface area (Å²) in [6.45, 7) is 1.71. The molecule has 2 aromatic rings. The van der Waals surface area contributed by atoms with Crippen LogP contribution in [0, 0.1) is 0 Å². The highest BCUT2D eigenvalue weighted by Gasteiger charge is 2.14. The predicted octanol–water partition coefficient (Wildman–Crippen LogP) is 4.38. The fraction of sp³-hybridized carbons (Fsp3) is 0.222. The second kappa shape index (κ2) is 8.74. The average molecular weight is 381 g/mol. The number of benzene rings is 2. The Morgan fingerprint density at radius 3 is 2.20 bits per heavy atom. The van der Waals surface area contributed by atoms with Crippen molar-refractivity contribution in [2.45, 2.75) is 13.3 Å². The molecule has 0 atom stereocenters. The van der Waals surface area contributed by atoms with Gasteiger partial charge in [0, 0.05) is 41.3 Å². The lowest BCUT2D eigenvalue weighted by Gasteiger charge is -2.21. The van der Waals surface area contributed by atoms with Gasteiger partial charge in [-0.2, -0.15) is 0 Å². The molecule has 5 nitrogen and oxygen atoms in total. The van der Waals surface area contributed by atoms with Crippen molar-refractivity contribution in [1.29, 1.82) is 0 Å². The molecule has 2 aromatic carbocycles. The average Bonchev–Trinajstić information content (AvgIpc) is 2.54. The van der Waals surface area contributed by atoms with Crippen LogP contribution in [0.1, 0.15) is 13.3 Å². The van der Waals surface area contributed by atoms with Crippen molar-refractivity contribution in [1.82, 2.24) is 0 Å². The van der Waals surface area contributed by atoms with Crippen LogP contribution in [0.5, 0.6) is 5.75 Å². The number of amides is 2. The van der Waals surface area contributed by atoms with Crippen molar-refractivity contribution >= 4 is 46.4 Å². The van der Waals surface area contributed by atoms with Crippen molar-refractivity contribution in [3.8, 4) is 5.75 Å². The summed E-state index contributed by atoms with van der Waals surface area (Å²) in [5.74, 6) is 0.310. The summed E-state index contributed by atoms with van der Waals surface area (Å²) in [5, 5.41) is 3.59.